The molecule has 152 valence electrons. The first-order chi connectivity index (χ1) is 14.0. The van der Waals surface area contributed by atoms with Gasteiger partial charge in [-0.1, -0.05) is 49.4 Å². The summed E-state index contributed by atoms with van der Waals surface area (Å²) in [5.74, 6) is -0.260. The molecule has 1 fully saturated rings. The SMILES string of the molecule is CCC[C@@H]1S/C(=N/N=C\c2ccc(N(C)C)cc2)N(Cc2ccc(F)cc2)C1=O. The van der Waals surface area contributed by atoms with Gasteiger partial charge in [-0.15, -0.1) is 5.10 Å². The third-order valence-corrected chi connectivity index (χ3v) is 5.82. The van der Waals surface area contributed by atoms with Gasteiger partial charge in [0.05, 0.1) is 18.0 Å². The van der Waals surface area contributed by atoms with Crippen molar-refractivity contribution >= 4 is 34.7 Å². The number of rotatable bonds is 7. The van der Waals surface area contributed by atoms with Crippen LogP contribution >= 0.6 is 11.8 Å². The second-order valence-corrected chi connectivity index (χ2v) is 8.23. The van der Waals surface area contributed by atoms with Crippen molar-refractivity contribution in [2.24, 2.45) is 10.2 Å². The Morgan fingerprint density at radius 1 is 1.14 bits per heavy atom. The van der Waals surface area contributed by atoms with E-state index in [1.807, 2.05) is 43.3 Å². The summed E-state index contributed by atoms with van der Waals surface area (Å²) in [5, 5.41) is 8.97. The number of amides is 1. The summed E-state index contributed by atoms with van der Waals surface area (Å²) in [4.78, 5) is 16.5. The highest BCUT2D eigenvalue weighted by Crippen LogP contribution is 2.31. The molecule has 1 saturated heterocycles. The Kier molecular flexibility index (Phi) is 7.04. The van der Waals surface area contributed by atoms with E-state index in [0.29, 0.717) is 11.7 Å². The number of amidine groups is 1. The standard InChI is InChI=1S/C22H25FN4OS/c1-4-5-20-21(28)27(15-17-6-10-18(23)11-7-17)22(29-20)25-24-14-16-8-12-19(13-9-16)26(2)3/h6-14,20H,4-5,15H2,1-3H3/b24-14-,25-22+/t20-/m0/s1. The Morgan fingerprint density at radius 3 is 2.45 bits per heavy atom. The molecule has 0 unspecified atom stereocenters. The fourth-order valence-electron chi connectivity index (χ4n) is 2.95. The first-order valence-electron chi connectivity index (χ1n) is 9.59. The van der Waals surface area contributed by atoms with Crippen molar-refractivity contribution in [3.63, 3.8) is 0 Å². The Balaban J connectivity index is 1.77. The Hall–Kier alpha value is -2.67. The molecule has 0 aromatic heterocycles. The second kappa shape index (κ2) is 9.69. The molecule has 0 radical (unpaired) electrons. The summed E-state index contributed by atoms with van der Waals surface area (Å²) < 4.78 is 13.2. The van der Waals surface area contributed by atoms with Crippen molar-refractivity contribution in [1.82, 2.24) is 4.90 Å². The van der Waals surface area contributed by atoms with E-state index in [1.54, 1.807) is 23.2 Å². The Bertz CT molecular complexity index is 894. The lowest BCUT2D eigenvalue weighted by molar-refractivity contribution is -0.126. The minimum Gasteiger partial charge on any atom is -0.378 e. The number of halogens is 1. The van der Waals surface area contributed by atoms with Crippen molar-refractivity contribution in [2.75, 3.05) is 19.0 Å². The zero-order valence-corrected chi connectivity index (χ0v) is 17.7. The maximum Gasteiger partial charge on any atom is 0.242 e. The summed E-state index contributed by atoms with van der Waals surface area (Å²) in [5.41, 5.74) is 2.90. The monoisotopic (exact) mass is 412 g/mol. The van der Waals surface area contributed by atoms with Gasteiger partial charge in [0.25, 0.3) is 0 Å². The zero-order valence-electron chi connectivity index (χ0n) is 16.9. The lowest BCUT2D eigenvalue weighted by atomic mass is 10.2. The quantitative estimate of drug-likeness (QED) is 0.496. The van der Waals surface area contributed by atoms with E-state index in [2.05, 4.69) is 17.1 Å². The third kappa shape index (κ3) is 5.44. The van der Waals surface area contributed by atoms with Gasteiger partial charge in [-0.25, -0.2) is 4.39 Å². The summed E-state index contributed by atoms with van der Waals surface area (Å²) in [6.07, 6.45) is 3.39. The number of thioether (sulfide) groups is 1. The van der Waals surface area contributed by atoms with Crippen molar-refractivity contribution in [2.45, 2.75) is 31.6 Å². The third-order valence-electron chi connectivity index (χ3n) is 4.58. The van der Waals surface area contributed by atoms with Crippen LogP contribution in [0, 0.1) is 5.82 Å². The molecular formula is C22H25FN4OS. The lowest BCUT2D eigenvalue weighted by Gasteiger charge is -2.15. The second-order valence-electron chi connectivity index (χ2n) is 7.06. The van der Waals surface area contributed by atoms with Crippen molar-refractivity contribution in [1.29, 1.82) is 0 Å². The van der Waals surface area contributed by atoms with Crippen LogP contribution in [0.3, 0.4) is 0 Å². The Morgan fingerprint density at radius 2 is 1.83 bits per heavy atom. The van der Waals surface area contributed by atoms with Crippen LogP contribution in [0.5, 0.6) is 0 Å². The van der Waals surface area contributed by atoms with Crippen molar-refractivity contribution < 1.29 is 9.18 Å². The molecule has 7 heteroatoms. The maximum atomic E-state index is 13.2. The van der Waals surface area contributed by atoms with Gasteiger partial charge in [-0.05, 0) is 41.8 Å². The van der Waals surface area contributed by atoms with Gasteiger partial charge >= 0.3 is 0 Å². The largest absolute Gasteiger partial charge is 0.378 e. The number of nitrogens with zero attached hydrogens (tertiary/aromatic N) is 4. The minimum absolute atomic E-state index is 0.0328. The van der Waals surface area contributed by atoms with Crippen LogP contribution in [0.15, 0.2) is 58.7 Å². The maximum absolute atomic E-state index is 13.2. The minimum atomic E-state index is -0.293. The number of carbonyl (C=O) groups is 1. The highest BCUT2D eigenvalue weighted by molar-refractivity contribution is 8.15. The average Bonchev–Trinajstić information content (AvgIpc) is 2.99. The van der Waals surface area contributed by atoms with Gasteiger partial charge in [0.1, 0.15) is 5.82 Å². The molecule has 5 nitrogen and oxygen atoms in total. The normalized spacial score (nSPS) is 18.2. The van der Waals surface area contributed by atoms with Gasteiger partial charge in [0.15, 0.2) is 5.17 Å². The number of hydrogen-bond donors (Lipinski definition) is 0. The molecule has 0 saturated carbocycles. The fraction of sp³-hybridized carbons (Fsp3) is 0.318. The molecule has 1 atom stereocenters. The topological polar surface area (TPSA) is 48.3 Å². The first-order valence-corrected chi connectivity index (χ1v) is 10.5. The Labute approximate surface area is 175 Å². The summed E-state index contributed by atoms with van der Waals surface area (Å²) in [7, 11) is 3.98. The summed E-state index contributed by atoms with van der Waals surface area (Å²) >= 11 is 1.45. The van der Waals surface area contributed by atoms with E-state index < -0.39 is 0 Å². The number of hydrogen-bond acceptors (Lipinski definition) is 5. The van der Waals surface area contributed by atoms with E-state index in [4.69, 9.17) is 0 Å². The van der Waals surface area contributed by atoms with Crippen LogP contribution in [-0.4, -0.2) is 41.5 Å². The van der Waals surface area contributed by atoms with Crippen molar-refractivity contribution in [3.8, 4) is 0 Å². The molecule has 0 aliphatic carbocycles. The van der Waals surface area contributed by atoms with Gasteiger partial charge in [0.2, 0.25) is 5.91 Å². The first kappa shape index (κ1) is 21.0. The van der Waals surface area contributed by atoms with Crippen LogP contribution in [0.4, 0.5) is 10.1 Å². The molecule has 2 aromatic rings. The van der Waals surface area contributed by atoms with E-state index in [-0.39, 0.29) is 17.0 Å². The number of anilines is 1. The lowest BCUT2D eigenvalue weighted by Crippen LogP contribution is -2.31. The molecular weight excluding hydrogens is 387 g/mol. The molecule has 3 rings (SSSR count). The van der Waals surface area contributed by atoms with Gasteiger partial charge < -0.3 is 4.90 Å². The van der Waals surface area contributed by atoms with E-state index in [9.17, 15) is 9.18 Å². The van der Waals surface area contributed by atoms with Crippen LogP contribution in [0.1, 0.15) is 30.9 Å². The van der Waals surface area contributed by atoms with Crippen molar-refractivity contribution in [3.05, 3.63) is 65.5 Å². The zero-order chi connectivity index (χ0) is 20.8. The smallest absolute Gasteiger partial charge is 0.242 e. The molecule has 1 amide bonds. The number of benzene rings is 2. The van der Waals surface area contributed by atoms with Crippen LogP contribution in [-0.2, 0) is 11.3 Å². The molecule has 1 heterocycles. The molecule has 29 heavy (non-hydrogen) atoms. The highest BCUT2D eigenvalue weighted by Gasteiger charge is 2.37. The van der Waals surface area contributed by atoms with Crippen LogP contribution < -0.4 is 4.90 Å². The molecule has 0 bridgehead atoms. The molecule has 1 aliphatic heterocycles. The van der Waals surface area contributed by atoms with Gasteiger partial charge in [0, 0.05) is 19.8 Å². The van der Waals surface area contributed by atoms with Gasteiger partial charge in [-0.3, -0.25) is 9.69 Å². The summed E-state index contributed by atoms with van der Waals surface area (Å²) in [6, 6.07) is 14.2. The van der Waals surface area contributed by atoms with E-state index in [1.165, 1.54) is 23.9 Å². The molecule has 0 N–H and O–H groups in total. The molecule has 0 spiro atoms. The predicted molar refractivity (Wildman–Crippen MR) is 119 cm³/mol. The van der Waals surface area contributed by atoms with Crippen LogP contribution in [0.2, 0.25) is 0 Å². The highest BCUT2D eigenvalue weighted by atomic mass is 32.2. The predicted octanol–water partition coefficient (Wildman–Crippen LogP) is 4.53. The van der Waals surface area contributed by atoms with E-state index >= 15 is 0 Å². The van der Waals surface area contributed by atoms with E-state index in [0.717, 1.165) is 29.7 Å². The van der Waals surface area contributed by atoms with Crippen LogP contribution in [0.25, 0.3) is 0 Å². The fourth-order valence-corrected chi connectivity index (χ4v) is 4.17. The molecule has 2 aromatic carbocycles. The number of carbonyl (C=O) groups excluding carboxylic acids is 1. The molecule has 1 aliphatic rings. The van der Waals surface area contributed by atoms with Gasteiger partial charge in [-0.2, -0.15) is 5.10 Å². The summed E-state index contributed by atoms with van der Waals surface area (Å²) in [6.45, 7) is 2.42. The average molecular weight is 413 g/mol.